The Kier molecular flexibility index (Phi) is 9.48. The Bertz CT molecular complexity index is 408. The van der Waals surface area contributed by atoms with E-state index in [0.717, 1.165) is 12.8 Å². The van der Waals surface area contributed by atoms with Crippen LogP contribution in [-0.2, 0) is 9.47 Å². The maximum atomic E-state index is 9.91. The van der Waals surface area contributed by atoms with Crippen molar-refractivity contribution in [3.63, 3.8) is 0 Å². The summed E-state index contributed by atoms with van der Waals surface area (Å²) < 4.78 is 12.3. The van der Waals surface area contributed by atoms with Crippen molar-refractivity contribution < 1.29 is 14.6 Å². The van der Waals surface area contributed by atoms with Gasteiger partial charge in [-0.15, -0.1) is 0 Å². The van der Waals surface area contributed by atoms with Crippen LogP contribution in [0, 0.1) is 5.41 Å². The van der Waals surface area contributed by atoms with Crippen LogP contribution in [0.1, 0.15) is 75.2 Å². The third-order valence-corrected chi connectivity index (χ3v) is 4.58. The second-order valence-corrected chi connectivity index (χ2v) is 8.07. The molecule has 3 heteroatoms. The fourth-order valence-corrected chi connectivity index (χ4v) is 2.98. The molecule has 0 aliphatic carbocycles. The summed E-state index contributed by atoms with van der Waals surface area (Å²) in [6.45, 7) is 18.6. The first-order valence-corrected chi connectivity index (χ1v) is 9.21. The van der Waals surface area contributed by atoms with Gasteiger partial charge in [-0.05, 0) is 61.3 Å². The molecule has 0 amide bonds. The molecule has 0 aromatic carbocycles. The smallest absolute Gasteiger partial charge is 0.0835 e. The van der Waals surface area contributed by atoms with E-state index in [1.54, 1.807) is 13.8 Å². The summed E-state index contributed by atoms with van der Waals surface area (Å²) in [6.07, 6.45) is 10.3. The third kappa shape index (κ3) is 8.46. The maximum Gasteiger partial charge on any atom is 0.0835 e. The molecule has 0 rings (SSSR count). The predicted molar refractivity (Wildman–Crippen MR) is 103 cm³/mol. The minimum absolute atomic E-state index is 0.0132. The lowest BCUT2D eigenvalue weighted by Crippen LogP contribution is -2.39. The number of aliphatic hydroxyl groups is 1. The highest BCUT2D eigenvalue weighted by Crippen LogP contribution is 2.34. The Morgan fingerprint density at radius 2 is 1.54 bits per heavy atom. The van der Waals surface area contributed by atoms with Crippen LogP contribution in [0.2, 0.25) is 0 Å². The topological polar surface area (TPSA) is 38.7 Å². The van der Waals surface area contributed by atoms with Crippen LogP contribution in [-0.4, -0.2) is 35.1 Å². The zero-order valence-electron chi connectivity index (χ0n) is 17.3. The molecule has 4 atom stereocenters. The van der Waals surface area contributed by atoms with E-state index in [1.807, 2.05) is 13.8 Å². The molecule has 1 N–H and O–H groups in total. The molecular weight excluding hydrogens is 300 g/mol. The molecule has 0 aromatic heterocycles. The van der Waals surface area contributed by atoms with Crippen molar-refractivity contribution in [2.75, 3.05) is 6.61 Å². The highest BCUT2D eigenvalue weighted by atomic mass is 16.5. The molecule has 0 aliphatic rings. The number of rotatable bonds is 11. The first-order chi connectivity index (χ1) is 10.9. The minimum Gasteiger partial charge on any atom is -0.388 e. The largest absolute Gasteiger partial charge is 0.388 e. The van der Waals surface area contributed by atoms with Gasteiger partial charge < -0.3 is 14.6 Å². The van der Waals surface area contributed by atoms with Gasteiger partial charge >= 0.3 is 0 Å². The molecule has 24 heavy (non-hydrogen) atoms. The first-order valence-electron chi connectivity index (χ1n) is 9.21. The van der Waals surface area contributed by atoms with E-state index in [1.165, 1.54) is 0 Å². The number of ether oxygens (including phenoxy) is 2. The van der Waals surface area contributed by atoms with Crippen molar-refractivity contribution in [2.24, 2.45) is 5.41 Å². The molecule has 0 spiro atoms. The van der Waals surface area contributed by atoms with E-state index >= 15 is 0 Å². The van der Waals surface area contributed by atoms with Crippen LogP contribution < -0.4 is 0 Å². The Hall–Kier alpha value is -0.640. The first kappa shape index (κ1) is 23.4. The van der Waals surface area contributed by atoms with Crippen LogP contribution in [0.4, 0.5) is 0 Å². The highest BCUT2D eigenvalue weighted by Gasteiger charge is 2.34. The lowest BCUT2D eigenvalue weighted by Gasteiger charge is -2.38. The Morgan fingerprint density at radius 1 is 1.00 bits per heavy atom. The monoisotopic (exact) mass is 340 g/mol. The van der Waals surface area contributed by atoms with Gasteiger partial charge in [0.1, 0.15) is 0 Å². The molecule has 0 saturated heterocycles. The molecule has 0 fully saturated rings. The SMILES string of the molecule is CC=CC(C)(CC)OC(C)CC(C)(C=CC)C(C)OCC(C)(C)O. The van der Waals surface area contributed by atoms with Crippen molar-refractivity contribution in [3.05, 3.63) is 24.3 Å². The fraction of sp³-hybridized carbons (Fsp3) is 0.810. The molecule has 142 valence electrons. The normalized spacial score (nSPS) is 20.9. The summed E-state index contributed by atoms with van der Waals surface area (Å²) in [5.74, 6) is 0. The summed E-state index contributed by atoms with van der Waals surface area (Å²) in [6, 6.07) is 0. The number of hydrogen-bond donors (Lipinski definition) is 1. The zero-order valence-corrected chi connectivity index (χ0v) is 17.3. The molecule has 0 bridgehead atoms. The van der Waals surface area contributed by atoms with Crippen molar-refractivity contribution in [2.45, 2.75) is 98.6 Å². The summed E-state index contributed by atoms with van der Waals surface area (Å²) in [5, 5.41) is 9.91. The van der Waals surface area contributed by atoms with Crippen LogP contribution in [0.3, 0.4) is 0 Å². The third-order valence-electron chi connectivity index (χ3n) is 4.58. The molecule has 0 aromatic rings. The second kappa shape index (κ2) is 9.74. The van der Waals surface area contributed by atoms with Crippen molar-refractivity contribution in [1.29, 1.82) is 0 Å². The molecular formula is C21H40O3. The number of hydrogen-bond acceptors (Lipinski definition) is 3. The summed E-state index contributed by atoms with van der Waals surface area (Å²) in [7, 11) is 0. The lowest BCUT2D eigenvalue weighted by molar-refractivity contribution is -0.101. The van der Waals surface area contributed by atoms with Gasteiger partial charge in [-0.2, -0.15) is 0 Å². The quantitative estimate of drug-likeness (QED) is 0.520. The van der Waals surface area contributed by atoms with Gasteiger partial charge in [-0.25, -0.2) is 0 Å². The van der Waals surface area contributed by atoms with Gasteiger partial charge in [-0.3, -0.25) is 0 Å². The molecule has 0 radical (unpaired) electrons. The van der Waals surface area contributed by atoms with E-state index in [0.29, 0.717) is 6.61 Å². The van der Waals surface area contributed by atoms with Crippen molar-refractivity contribution >= 4 is 0 Å². The Morgan fingerprint density at radius 3 is 1.96 bits per heavy atom. The van der Waals surface area contributed by atoms with Gasteiger partial charge in [0.15, 0.2) is 0 Å². The van der Waals surface area contributed by atoms with Crippen LogP contribution >= 0.6 is 0 Å². The second-order valence-electron chi connectivity index (χ2n) is 8.07. The van der Waals surface area contributed by atoms with Crippen molar-refractivity contribution in [1.82, 2.24) is 0 Å². The molecule has 0 aliphatic heterocycles. The fourth-order valence-electron chi connectivity index (χ4n) is 2.98. The average Bonchev–Trinajstić information content (AvgIpc) is 2.43. The Balaban J connectivity index is 5.04. The Labute approximate surface area is 150 Å². The van der Waals surface area contributed by atoms with E-state index in [9.17, 15) is 5.11 Å². The standard InChI is InChI=1S/C21H40O3/c1-10-13-20(8,18(5)23-16-19(6,7)22)15-17(4)24-21(9,12-3)14-11-2/h10-11,13-14,17-18,22H,12,15-16H2,1-9H3. The molecule has 0 heterocycles. The summed E-state index contributed by atoms with van der Waals surface area (Å²) in [4.78, 5) is 0. The summed E-state index contributed by atoms with van der Waals surface area (Å²) in [5.41, 5.74) is -1.20. The van der Waals surface area contributed by atoms with Gasteiger partial charge in [-0.1, -0.05) is 38.2 Å². The highest BCUT2D eigenvalue weighted by molar-refractivity contribution is 5.02. The molecule has 4 unspecified atom stereocenters. The van der Waals surface area contributed by atoms with Gasteiger partial charge in [0, 0.05) is 5.41 Å². The van der Waals surface area contributed by atoms with E-state index in [2.05, 4.69) is 58.9 Å². The average molecular weight is 341 g/mol. The van der Waals surface area contributed by atoms with E-state index in [-0.39, 0.29) is 23.2 Å². The van der Waals surface area contributed by atoms with E-state index < -0.39 is 5.60 Å². The minimum atomic E-state index is -0.820. The molecule has 3 nitrogen and oxygen atoms in total. The van der Waals surface area contributed by atoms with Crippen LogP contribution in [0.25, 0.3) is 0 Å². The van der Waals surface area contributed by atoms with E-state index in [4.69, 9.17) is 9.47 Å². The van der Waals surface area contributed by atoms with Gasteiger partial charge in [0.05, 0.1) is 30.0 Å². The van der Waals surface area contributed by atoms with Crippen LogP contribution in [0.15, 0.2) is 24.3 Å². The van der Waals surface area contributed by atoms with Gasteiger partial charge in [0.2, 0.25) is 0 Å². The molecule has 0 saturated carbocycles. The predicted octanol–water partition coefficient (Wildman–Crippen LogP) is 5.28. The summed E-state index contributed by atoms with van der Waals surface area (Å²) >= 11 is 0. The lowest BCUT2D eigenvalue weighted by atomic mass is 9.79. The van der Waals surface area contributed by atoms with Crippen LogP contribution in [0.5, 0.6) is 0 Å². The number of allylic oxidation sites excluding steroid dienone is 2. The maximum absolute atomic E-state index is 9.91. The van der Waals surface area contributed by atoms with Crippen molar-refractivity contribution in [3.8, 4) is 0 Å². The zero-order chi connectivity index (χ0) is 19.0. The van der Waals surface area contributed by atoms with Gasteiger partial charge in [0.25, 0.3) is 0 Å².